The molecule has 2 N–H and O–H groups in total. The third-order valence-electron chi connectivity index (χ3n) is 3.99. The lowest BCUT2D eigenvalue weighted by molar-refractivity contribution is 0.0731. The normalized spacial score (nSPS) is 17.9. The number of likely N-dealkylation sites (tertiary alicyclic amines) is 1. The van der Waals surface area contributed by atoms with Crippen molar-refractivity contribution < 1.29 is 4.79 Å². The lowest BCUT2D eigenvalue weighted by Gasteiger charge is -2.25. The number of amides is 1. The van der Waals surface area contributed by atoms with E-state index in [-0.39, 0.29) is 11.9 Å². The van der Waals surface area contributed by atoms with Gasteiger partial charge in [0.05, 0.1) is 5.69 Å². The highest BCUT2D eigenvalue weighted by molar-refractivity contribution is 5.97. The average molecular weight is 281 g/mol. The van der Waals surface area contributed by atoms with Crippen LogP contribution in [0.15, 0.2) is 48.7 Å². The Morgan fingerprint density at radius 2 is 2.05 bits per heavy atom. The molecule has 1 unspecified atom stereocenters. The maximum atomic E-state index is 12.7. The molecule has 0 bridgehead atoms. The van der Waals surface area contributed by atoms with E-state index >= 15 is 0 Å². The molecular formula is C17H19N3O. The van der Waals surface area contributed by atoms with Crippen molar-refractivity contribution in [2.75, 3.05) is 12.3 Å². The average Bonchev–Trinajstić information content (AvgIpc) is 2.96. The molecule has 1 fully saturated rings. The third kappa shape index (κ3) is 2.89. The molecule has 3 rings (SSSR count). The molecule has 1 atom stereocenters. The number of hydrogen-bond acceptors (Lipinski definition) is 3. The second-order valence-electron chi connectivity index (χ2n) is 5.43. The molecule has 1 saturated heterocycles. The van der Waals surface area contributed by atoms with E-state index in [1.54, 1.807) is 18.3 Å². The molecule has 0 spiro atoms. The van der Waals surface area contributed by atoms with Crippen LogP contribution in [-0.2, 0) is 6.42 Å². The van der Waals surface area contributed by atoms with Gasteiger partial charge < -0.3 is 10.6 Å². The van der Waals surface area contributed by atoms with Crippen molar-refractivity contribution in [3.05, 3.63) is 59.9 Å². The van der Waals surface area contributed by atoms with Gasteiger partial charge >= 0.3 is 0 Å². The molecule has 4 heteroatoms. The summed E-state index contributed by atoms with van der Waals surface area (Å²) in [6, 6.07) is 14.0. The molecule has 1 aliphatic rings. The summed E-state index contributed by atoms with van der Waals surface area (Å²) in [6.45, 7) is 0.784. The molecule has 108 valence electrons. The van der Waals surface area contributed by atoms with Crippen molar-refractivity contribution in [3.8, 4) is 0 Å². The van der Waals surface area contributed by atoms with E-state index in [1.165, 1.54) is 5.56 Å². The lowest BCUT2D eigenvalue weighted by atomic mass is 10.0. The molecule has 2 heterocycles. The zero-order valence-corrected chi connectivity index (χ0v) is 11.9. The van der Waals surface area contributed by atoms with Crippen molar-refractivity contribution in [2.24, 2.45) is 0 Å². The molecule has 4 nitrogen and oxygen atoms in total. The monoisotopic (exact) mass is 281 g/mol. The Labute approximate surface area is 124 Å². The molecule has 21 heavy (non-hydrogen) atoms. The van der Waals surface area contributed by atoms with E-state index in [0.717, 1.165) is 25.8 Å². The van der Waals surface area contributed by atoms with Gasteiger partial charge in [-0.2, -0.15) is 0 Å². The van der Waals surface area contributed by atoms with Gasteiger partial charge in [-0.15, -0.1) is 0 Å². The fourth-order valence-electron chi connectivity index (χ4n) is 2.93. The maximum absolute atomic E-state index is 12.7. The first-order valence-electron chi connectivity index (χ1n) is 7.31. The smallest absolute Gasteiger partial charge is 0.274 e. The standard InChI is InChI=1S/C17H19N3O/c18-15-9-4-10-19-16(15)17(21)20-11-5-8-14(20)12-13-6-2-1-3-7-13/h1-4,6-7,9-10,14H,5,8,11-12,18H2. The first-order valence-corrected chi connectivity index (χ1v) is 7.31. The number of anilines is 1. The number of nitrogen functional groups attached to an aromatic ring is 1. The van der Waals surface area contributed by atoms with Crippen LogP contribution in [0.2, 0.25) is 0 Å². The number of nitrogens with zero attached hydrogens (tertiary/aromatic N) is 2. The number of aromatic nitrogens is 1. The summed E-state index contributed by atoms with van der Waals surface area (Å²) >= 11 is 0. The highest BCUT2D eigenvalue weighted by Gasteiger charge is 2.30. The van der Waals surface area contributed by atoms with E-state index in [9.17, 15) is 4.79 Å². The summed E-state index contributed by atoms with van der Waals surface area (Å²) in [6.07, 6.45) is 4.58. The van der Waals surface area contributed by atoms with Gasteiger partial charge in [0.2, 0.25) is 0 Å². The molecular weight excluding hydrogens is 262 g/mol. The van der Waals surface area contributed by atoms with Gasteiger partial charge in [-0.3, -0.25) is 4.79 Å². The van der Waals surface area contributed by atoms with Gasteiger partial charge in [0.25, 0.3) is 5.91 Å². The Kier molecular flexibility index (Phi) is 3.86. The molecule has 0 saturated carbocycles. The zero-order chi connectivity index (χ0) is 14.7. The third-order valence-corrected chi connectivity index (χ3v) is 3.99. The summed E-state index contributed by atoms with van der Waals surface area (Å²) in [7, 11) is 0. The van der Waals surface area contributed by atoms with Crippen molar-refractivity contribution in [1.29, 1.82) is 0 Å². The summed E-state index contributed by atoms with van der Waals surface area (Å²) in [5.74, 6) is -0.0495. The highest BCUT2D eigenvalue weighted by Crippen LogP contribution is 2.24. The van der Waals surface area contributed by atoms with Crippen LogP contribution in [0, 0.1) is 0 Å². The van der Waals surface area contributed by atoms with Crippen molar-refractivity contribution in [3.63, 3.8) is 0 Å². The molecule has 2 aromatic rings. The number of hydrogen-bond donors (Lipinski definition) is 1. The first-order chi connectivity index (χ1) is 10.3. The summed E-state index contributed by atoms with van der Waals surface area (Å²) in [4.78, 5) is 18.7. The maximum Gasteiger partial charge on any atom is 0.274 e. The van der Waals surface area contributed by atoms with Crippen LogP contribution in [0.5, 0.6) is 0 Å². The molecule has 1 aromatic carbocycles. The van der Waals surface area contributed by atoms with Crippen LogP contribution >= 0.6 is 0 Å². The predicted molar refractivity (Wildman–Crippen MR) is 82.9 cm³/mol. The number of rotatable bonds is 3. The van der Waals surface area contributed by atoms with Crippen molar-refractivity contribution in [2.45, 2.75) is 25.3 Å². The highest BCUT2D eigenvalue weighted by atomic mass is 16.2. The first kappa shape index (κ1) is 13.6. The lowest BCUT2D eigenvalue weighted by Crippen LogP contribution is -2.37. The van der Waals surface area contributed by atoms with E-state index in [0.29, 0.717) is 11.4 Å². The van der Waals surface area contributed by atoms with Crippen LogP contribution in [-0.4, -0.2) is 28.4 Å². The minimum Gasteiger partial charge on any atom is -0.397 e. The molecule has 1 aliphatic heterocycles. The Morgan fingerprint density at radius 3 is 2.81 bits per heavy atom. The minimum atomic E-state index is -0.0495. The number of pyridine rings is 1. The minimum absolute atomic E-state index is 0.0495. The number of benzene rings is 1. The second-order valence-corrected chi connectivity index (χ2v) is 5.43. The van der Waals surface area contributed by atoms with Gasteiger partial charge in [-0.25, -0.2) is 4.98 Å². The number of carbonyl (C=O) groups is 1. The summed E-state index contributed by atoms with van der Waals surface area (Å²) in [5, 5.41) is 0. The topological polar surface area (TPSA) is 59.2 Å². The van der Waals surface area contributed by atoms with Crippen molar-refractivity contribution >= 4 is 11.6 Å². The van der Waals surface area contributed by atoms with Crippen LogP contribution < -0.4 is 5.73 Å². The van der Waals surface area contributed by atoms with E-state index in [4.69, 9.17) is 5.73 Å². The summed E-state index contributed by atoms with van der Waals surface area (Å²) in [5.41, 5.74) is 7.96. The Morgan fingerprint density at radius 1 is 1.24 bits per heavy atom. The Hall–Kier alpha value is -2.36. The van der Waals surface area contributed by atoms with Gasteiger partial charge in [0.1, 0.15) is 0 Å². The van der Waals surface area contributed by atoms with Crippen LogP contribution in [0.3, 0.4) is 0 Å². The van der Waals surface area contributed by atoms with Crippen LogP contribution in [0.1, 0.15) is 28.9 Å². The van der Waals surface area contributed by atoms with Crippen LogP contribution in [0.25, 0.3) is 0 Å². The quantitative estimate of drug-likeness (QED) is 0.940. The number of carbonyl (C=O) groups excluding carboxylic acids is 1. The second kappa shape index (κ2) is 5.95. The van der Waals surface area contributed by atoms with Gasteiger partial charge in [0, 0.05) is 18.8 Å². The van der Waals surface area contributed by atoms with Crippen molar-refractivity contribution in [1.82, 2.24) is 9.88 Å². The van der Waals surface area contributed by atoms with Gasteiger partial charge in [-0.1, -0.05) is 30.3 Å². The largest absolute Gasteiger partial charge is 0.397 e. The Balaban J connectivity index is 1.78. The zero-order valence-electron chi connectivity index (χ0n) is 11.9. The molecule has 0 aliphatic carbocycles. The molecule has 1 aromatic heterocycles. The fraction of sp³-hybridized carbons (Fsp3) is 0.294. The summed E-state index contributed by atoms with van der Waals surface area (Å²) < 4.78 is 0. The van der Waals surface area contributed by atoms with E-state index in [2.05, 4.69) is 17.1 Å². The SMILES string of the molecule is Nc1cccnc1C(=O)N1CCCC1Cc1ccccc1. The predicted octanol–water partition coefficient (Wildman–Crippen LogP) is 2.51. The van der Waals surface area contributed by atoms with E-state index < -0.39 is 0 Å². The molecule has 0 radical (unpaired) electrons. The van der Waals surface area contributed by atoms with Gasteiger partial charge in [0.15, 0.2) is 5.69 Å². The van der Waals surface area contributed by atoms with E-state index in [1.807, 2.05) is 23.1 Å². The van der Waals surface area contributed by atoms with Gasteiger partial charge in [-0.05, 0) is 37.0 Å². The van der Waals surface area contributed by atoms with Crippen LogP contribution in [0.4, 0.5) is 5.69 Å². The molecule has 1 amide bonds. The fourth-order valence-corrected chi connectivity index (χ4v) is 2.93. The Bertz CT molecular complexity index is 627. The number of nitrogens with two attached hydrogens (primary N) is 1.